The van der Waals surface area contributed by atoms with Crippen molar-refractivity contribution < 1.29 is 19.7 Å². The molecule has 0 aromatic rings. The van der Waals surface area contributed by atoms with Crippen molar-refractivity contribution in [1.29, 1.82) is 0 Å². The van der Waals surface area contributed by atoms with Crippen LogP contribution in [-0.2, 0) is 9.53 Å². The average molecular weight is 243 g/mol. The van der Waals surface area contributed by atoms with Gasteiger partial charge in [0.05, 0.1) is 12.7 Å². The standard InChI is InChI=1S/C12H21NO4/c1-12(16,11(14)15)8-13-6-7-17-10-5-3-2-4-9(10)13/h9-10,16H,2-8H2,1H3,(H,14,15). The van der Waals surface area contributed by atoms with Crippen molar-refractivity contribution in [2.45, 2.75) is 50.4 Å². The summed E-state index contributed by atoms with van der Waals surface area (Å²) in [6, 6.07) is 0.281. The van der Waals surface area contributed by atoms with E-state index in [0.29, 0.717) is 13.2 Å². The molecule has 2 aliphatic rings. The molecule has 1 saturated carbocycles. The summed E-state index contributed by atoms with van der Waals surface area (Å²) in [6.07, 6.45) is 4.67. The molecular weight excluding hydrogens is 222 g/mol. The molecule has 2 N–H and O–H groups in total. The van der Waals surface area contributed by atoms with Gasteiger partial charge in [-0.3, -0.25) is 4.90 Å². The third kappa shape index (κ3) is 2.78. The van der Waals surface area contributed by atoms with Crippen molar-refractivity contribution in [2.24, 2.45) is 0 Å². The minimum Gasteiger partial charge on any atom is -0.479 e. The summed E-state index contributed by atoms with van der Waals surface area (Å²) in [7, 11) is 0. The Morgan fingerprint density at radius 2 is 2.18 bits per heavy atom. The quantitative estimate of drug-likeness (QED) is 0.754. The van der Waals surface area contributed by atoms with Gasteiger partial charge in [-0.15, -0.1) is 0 Å². The SMILES string of the molecule is CC(O)(CN1CCOC2CCCCC21)C(=O)O. The van der Waals surface area contributed by atoms with Gasteiger partial charge in [0.2, 0.25) is 0 Å². The summed E-state index contributed by atoms with van der Waals surface area (Å²) >= 11 is 0. The van der Waals surface area contributed by atoms with Crippen molar-refractivity contribution in [1.82, 2.24) is 4.90 Å². The fourth-order valence-electron chi connectivity index (χ4n) is 2.84. The highest BCUT2D eigenvalue weighted by Crippen LogP contribution is 2.29. The van der Waals surface area contributed by atoms with Crippen molar-refractivity contribution in [3.05, 3.63) is 0 Å². The summed E-state index contributed by atoms with van der Waals surface area (Å²) in [5.41, 5.74) is -1.67. The van der Waals surface area contributed by atoms with Crippen molar-refractivity contribution >= 4 is 5.97 Å². The number of nitrogens with zero attached hydrogens (tertiary/aromatic N) is 1. The molecule has 1 heterocycles. The van der Waals surface area contributed by atoms with E-state index in [4.69, 9.17) is 9.84 Å². The van der Waals surface area contributed by atoms with Gasteiger partial charge in [-0.05, 0) is 19.8 Å². The first kappa shape index (κ1) is 12.8. The zero-order valence-electron chi connectivity index (χ0n) is 10.3. The molecule has 0 aromatic heterocycles. The van der Waals surface area contributed by atoms with Crippen LogP contribution in [-0.4, -0.2) is 58.5 Å². The van der Waals surface area contributed by atoms with E-state index in [1.54, 1.807) is 0 Å². The zero-order chi connectivity index (χ0) is 12.5. The zero-order valence-corrected chi connectivity index (χ0v) is 10.3. The summed E-state index contributed by atoms with van der Waals surface area (Å²) < 4.78 is 5.72. The molecule has 1 saturated heterocycles. The predicted octanol–water partition coefficient (Wildman–Crippen LogP) is 0.465. The van der Waals surface area contributed by atoms with Crippen molar-refractivity contribution in [2.75, 3.05) is 19.7 Å². The third-order valence-corrected chi connectivity index (χ3v) is 3.82. The maximum absolute atomic E-state index is 10.9. The first-order valence-electron chi connectivity index (χ1n) is 6.32. The topological polar surface area (TPSA) is 70.0 Å². The molecule has 0 bridgehead atoms. The van der Waals surface area contributed by atoms with Gasteiger partial charge in [-0.25, -0.2) is 4.79 Å². The molecule has 1 aliphatic heterocycles. The highest BCUT2D eigenvalue weighted by Gasteiger charge is 2.39. The van der Waals surface area contributed by atoms with Crippen molar-refractivity contribution in [3.8, 4) is 0 Å². The van der Waals surface area contributed by atoms with Crippen LogP contribution in [0.25, 0.3) is 0 Å². The molecule has 1 aliphatic carbocycles. The lowest BCUT2D eigenvalue weighted by Gasteiger charge is -2.45. The maximum Gasteiger partial charge on any atom is 0.336 e. The van der Waals surface area contributed by atoms with Gasteiger partial charge < -0.3 is 14.9 Å². The first-order valence-corrected chi connectivity index (χ1v) is 6.32. The van der Waals surface area contributed by atoms with E-state index in [-0.39, 0.29) is 18.7 Å². The van der Waals surface area contributed by atoms with Gasteiger partial charge in [0.15, 0.2) is 5.60 Å². The number of aliphatic carboxylic acids is 1. The Morgan fingerprint density at radius 1 is 1.47 bits per heavy atom. The second-order valence-electron chi connectivity index (χ2n) is 5.31. The average Bonchev–Trinajstić information content (AvgIpc) is 2.29. The van der Waals surface area contributed by atoms with E-state index in [1.165, 1.54) is 13.3 Å². The number of rotatable bonds is 3. The highest BCUT2D eigenvalue weighted by molar-refractivity contribution is 5.76. The minimum atomic E-state index is -1.67. The summed E-state index contributed by atoms with van der Waals surface area (Å²) in [4.78, 5) is 13.0. The number of carboxylic acid groups (broad SMARTS) is 1. The Morgan fingerprint density at radius 3 is 2.88 bits per heavy atom. The van der Waals surface area contributed by atoms with Crippen LogP contribution in [0.3, 0.4) is 0 Å². The van der Waals surface area contributed by atoms with Gasteiger partial charge in [0.25, 0.3) is 0 Å². The van der Waals surface area contributed by atoms with E-state index in [1.807, 2.05) is 0 Å². The number of fused-ring (bicyclic) bond motifs is 1. The van der Waals surface area contributed by atoms with E-state index in [0.717, 1.165) is 19.3 Å². The maximum atomic E-state index is 10.9. The smallest absolute Gasteiger partial charge is 0.336 e. The first-order chi connectivity index (χ1) is 8.00. The van der Waals surface area contributed by atoms with Gasteiger partial charge in [-0.2, -0.15) is 0 Å². The number of carboxylic acids is 1. The monoisotopic (exact) mass is 243 g/mol. The molecule has 5 heteroatoms. The van der Waals surface area contributed by atoms with Crippen molar-refractivity contribution in [3.63, 3.8) is 0 Å². The number of hydrogen-bond donors (Lipinski definition) is 2. The number of β-amino-alcohol motifs (C(OH)–C–C–N with tert-alkyl or cyclic N) is 1. The third-order valence-electron chi connectivity index (χ3n) is 3.82. The highest BCUT2D eigenvalue weighted by atomic mass is 16.5. The molecule has 3 unspecified atom stereocenters. The minimum absolute atomic E-state index is 0.187. The molecule has 2 fully saturated rings. The molecular formula is C12H21NO4. The fraction of sp³-hybridized carbons (Fsp3) is 0.917. The largest absolute Gasteiger partial charge is 0.479 e. The Labute approximate surface area is 101 Å². The lowest BCUT2D eigenvalue weighted by Crippen LogP contribution is -2.58. The van der Waals surface area contributed by atoms with Gasteiger partial charge in [-0.1, -0.05) is 12.8 Å². The van der Waals surface area contributed by atoms with Crippen LogP contribution in [0.5, 0.6) is 0 Å². The molecule has 17 heavy (non-hydrogen) atoms. The Kier molecular flexibility index (Phi) is 3.70. The van der Waals surface area contributed by atoms with E-state index in [9.17, 15) is 9.90 Å². The van der Waals surface area contributed by atoms with E-state index in [2.05, 4.69) is 4.90 Å². The molecule has 0 aromatic carbocycles. The molecule has 0 amide bonds. The summed E-state index contributed by atoms with van der Waals surface area (Å²) in [6.45, 7) is 2.90. The van der Waals surface area contributed by atoms with E-state index >= 15 is 0 Å². The second kappa shape index (κ2) is 4.92. The molecule has 5 nitrogen and oxygen atoms in total. The number of hydrogen-bond acceptors (Lipinski definition) is 4. The number of carbonyl (C=O) groups is 1. The predicted molar refractivity (Wildman–Crippen MR) is 61.8 cm³/mol. The molecule has 2 rings (SSSR count). The van der Waals surface area contributed by atoms with Gasteiger partial charge in [0.1, 0.15) is 0 Å². The molecule has 0 spiro atoms. The Hall–Kier alpha value is -0.650. The van der Waals surface area contributed by atoms with Crippen LogP contribution in [0.2, 0.25) is 0 Å². The van der Waals surface area contributed by atoms with Gasteiger partial charge >= 0.3 is 5.97 Å². The van der Waals surface area contributed by atoms with Crippen LogP contribution in [0, 0.1) is 0 Å². The fourth-order valence-corrected chi connectivity index (χ4v) is 2.84. The van der Waals surface area contributed by atoms with Crippen LogP contribution >= 0.6 is 0 Å². The van der Waals surface area contributed by atoms with Crippen LogP contribution < -0.4 is 0 Å². The molecule has 98 valence electrons. The summed E-state index contributed by atoms with van der Waals surface area (Å²) in [5, 5.41) is 18.8. The Bertz CT molecular complexity index is 290. The summed E-state index contributed by atoms with van der Waals surface area (Å²) in [5.74, 6) is -1.16. The van der Waals surface area contributed by atoms with E-state index < -0.39 is 11.6 Å². The normalized spacial score (nSPS) is 33.8. The Balaban J connectivity index is 2.01. The number of ether oxygens (including phenoxy) is 1. The lowest BCUT2D eigenvalue weighted by molar-refractivity contribution is -0.164. The second-order valence-corrected chi connectivity index (χ2v) is 5.31. The van der Waals surface area contributed by atoms with Crippen LogP contribution in [0.15, 0.2) is 0 Å². The van der Waals surface area contributed by atoms with Gasteiger partial charge in [0, 0.05) is 19.1 Å². The lowest BCUT2D eigenvalue weighted by atomic mass is 9.89. The molecule has 3 atom stereocenters. The number of morpholine rings is 1. The van der Waals surface area contributed by atoms with Crippen LogP contribution in [0.1, 0.15) is 32.6 Å². The molecule has 0 radical (unpaired) electrons. The number of aliphatic hydroxyl groups is 1. The van der Waals surface area contributed by atoms with Crippen LogP contribution in [0.4, 0.5) is 0 Å².